The Morgan fingerprint density at radius 3 is 2.36 bits per heavy atom. The summed E-state index contributed by atoms with van der Waals surface area (Å²) in [5.74, 6) is 1.47. The van der Waals surface area contributed by atoms with Crippen molar-refractivity contribution in [2.45, 2.75) is 51.5 Å². The monoisotopic (exact) mass is 368 g/mol. The quantitative estimate of drug-likeness (QED) is 0.788. The van der Waals surface area contributed by atoms with E-state index in [1.54, 1.807) is 0 Å². The van der Waals surface area contributed by atoms with Crippen molar-refractivity contribution < 1.29 is 9.18 Å². The third-order valence-electron chi connectivity index (χ3n) is 5.86. The van der Waals surface area contributed by atoms with Gasteiger partial charge in [-0.3, -0.25) is 4.79 Å². The summed E-state index contributed by atoms with van der Waals surface area (Å²) in [6.07, 6.45) is 6.44. The summed E-state index contributed by atoms with van der Waals surface area (Å²) in [6.45, 7) is 4.33. The van der Waals surface area contributed by atoms with Crippen LogP contribution in [0.4, 0.5) is 4.39 Å². The number of piperidine rings is 1. The highest BCUT2D eigenvalue weighted by molar-refractivity contribution is 5.85. The number of rotatable bonds is 6. The molecule has 0 radical (unpaired) electrons. The van der Waals surface area contributed by atoms with E-state index in [4.69, 9.17) is 0 Å². The van der Waals surface area contributed by atoms with Gasteiger partial charge < -0.3 is 10.6 Å². The van der Waals surface area contributed by atoms with Crippen LogP contribution in [0.25, 0.3) is 0 Å². The van der Waals surface area contributed by atoms with Gasteiger partial charge in [0.25, 0.3) is 0 Å². The topological polar surface area (TPSA) is 41.1 Å². The average molecular weight is 369 g/mol. The summed E-state index contributed by atoms with van der Waals surface area (Å²) in [5.41, 5.74) is 1.03. The van der Waals surface area contributed by atoms with Crippen LogP contribution >= 0.6 is 12.4 Å². The van der Waals surface area contributed by atoms with E-state index in [0.29, 0.717) is 24.2 Å². The zero-order valence-corrected chi connectivity index (χ0v) is 15.8. The van der Waals surface area contributed by atoms with Crippen LogP contribution in [-0.2, 0) is 4.79 Å². The number of carbonyl (C=O) groups excluding carboxylic acids is 1. The molecule has 2 aliphatic rings. The number of hydrogen-bond acceptors (Lipinski definition) is 2. The lowest BCUT2D eigenvalue weighted by molar-refractivity contribution is -0.123. The van der Waals surface area contributed by atoms with E-state index in [1.807, 2.05) is 12.1 Å². The van der Waals surface area contributed by atoms with Gasteiger partial charge in [-0.15, -0.1) is 12.4 Å². The lowest BCUT2D eigenvalue weighted by Gasteiger charge is -2.35. The van der Waals surface area contributed by atoms with Crippen LogP contribution in [0.1, 0.15) is 57.1 Å². The molecule has 2 fully saturated rings. The van der Waals surface area contributed by atoms with Crippen LogP contribution in [0.15, 0.2) is 24.3 Å². The Labute approximate surface area is 156 Å². The summed E-state index contributed by atoms with van der Waals surface area (Å²) in [7, 11) is 0. The molecular formula is C20H30ClFN2O. The van der Waals surface area contributed by atoms with Crippen LogP contribution in [0, 0.1) is 23.6 Å². The van der Waals surface area contributed by atoms with E-state index in [0.717, 1.165) is 31.5 Å². The van der Waals surface area contributed by atoms with Gasteiger partial charge in [-0.1, -0.05) is 25.5 Å². The smallest absolute Gasteiger partial charge is 0.220 e. The first-order valence-corrected chi connectivity index (χ1v) is 9.39. The zero-order chi connectivity index (χ0) is 16.9. The molecule has 3 rings (SSSR count). The predicted octanol–water partition coefficient (Wildman–Crippen LogP) is 4.23. The first-order valence-electron chi connectivity index (χ1n) is 9.39. The van der Waals surface area contributed by atoms with E-state index in [9.17, 15) is 9.18 Å². The normalized spacial score (nSPS) is 20.9. The second kappa shape index (κ2) is 9.54. The number of hydrogen-bond donors (Lipinski definition) is 2. The van der Waals surface area contributed by atoms with Crippen LogP contribution in [0.3, 0.4) is 0 Å². The molecule has 1 aromatic rings. The summed E-state index contributed by atoms with van der Waals surface area (Å²) in [6, 6.07) is 6.64. The lowest BCUT2D eigenvalue weighted by atomic mass is 9.77. The molecular weight excluding hydrogens is 339 g/mol. The molecule has 1 aliphatic heterocycles. The Bertz CT molecular complexity index is 541. The largest absolute Gasteiger partial charge is 0.349 e. The van der Waals surface area contributed by atoms with Crippen molar-refractivity contribution in [3.05, 3.63) is 35.6 Å². The van der Waals surface area contributed by atoms with E-state index in [1.165, 1.54) is 31.4 Å². The van der Waals surface area contributed by atoms with Gasteiger partial charge in [0.1, 0.15) is 5.82 Å². The Morgan fingerprint density at radius 1 is 1.16 bits per heavy atom. The van der Waals surface area contributed by atoms with E-state index in [-0.39, 0.29) is 30.2 Å². The van der Waals surface area contributed by atoms with E-state index < -0.39 is 0 Å². The minimum atomic E-state index is -0.225. The summed E-state index contributed by atoms with van der Waals surface area (Å²) < 4.78 is 13.2. The van der Waals surface area contributed by atoms with Crippen molar-refractivity contribution in [1.29, 1.82) is 0 Å². The van der Waals surface area contributed by atoms with Crippen LogP contribution < -0.4 is 10.6 Å². The van der Waals surface area contributed by atoms with Crippen LogP contribution in [0.2, 0.25) is 0 Å². The van der Waals surface area contributed by atoms with Crippen LogP contribution in [0.5, 0.6) is 0 Å². The highest BCUT2D eigenvalue weighted by Crippen LogP contribution is 2.38. The predicted molar refractivity (Wildman–Crippen MR) is 101 cm³/mol. The molecule has 3 nitrogen and oxygen atoms in total. The van der Waals surface area contributed by atoms with Gasteiger partial charge in [0, 0.05) is 6.42 Å². The number of carbonyl (C=O) groups is 1. The lowest BCUT2D eigenvalue weighted by Crippen LogP contribution is -2.38. The van der Waals surface area contributed by atoms with Gasteiger partial charge in [-0.25, -0.2) is 4.39 Å². The Morgan fingerprint density at radius 2 is 1.80 bits per heavy atom. The first kappa shape index (κ1) is 20.2. The van der Waals surface area contributed by atoms with E-state index >= 15 is 0 Å². The third-order valence-corrected chi connectivity index (χ3v) is 5.86. The van der Waals surface area contributed by atoms with Crippen molar-refractivity contribution in [2.75, 3.05) is 13.1 Å². The van der Waals surface area contributed by atoms with Gasteiger partial charge in [0.15, 0.2) is 0 Å². The van der Waals surface area contributed by atoms with Gasteiger partial charge >= 0.3 is 0 Å². The fraction of sp³-hybridized carbons (Fsp3) is 0.650. The summed E-state index contributed by atoms with van der Waals surface area (Å²) in [4.78, 5) is 12.6. The number of benzene rings is 1. The third kappa shape index (κ3) is 5.42. The van der Waals surface area contributed by atoms with Crippen molar-refractivity contribution in [1.82, 2.24) is 10.6 Å². The standard InChI is InChI=1S/C20H29FN2O.ClH/c1-14(15-9-11-22-12-10-15)13-19(24)23-20(16-3-2-4-16)17-5-7-18(21)8-6-17;/h5-8,14-16,20,22H,2-4,9-13H2,1H3,(H,23,24);1H. The molecule has 0 bridgehead atoms. The average Bonchev–Trinajstić information content (AvgIpc) is 2.54. The molecule has 25 heavy (non-hydrogen) atoms. The summed E-state index contributed by atoms with van der Waals surface area (Å²) >= 11 is 0. The fourth-order valence-corrected chi connectivity index (χ4v) is 4.02. The molecule has 1 saturated carbocycles. The second-order valence-electron chi connectivity index (χ2n) is 7.56. The van der Waals surface area contributed by atoms with Gasteiger partial charge in [-0.2, -0.15) is 0 Å². The molecule has 1 saturated heterocycles. The van der Waals surface area contributed by atoms with Crippen molar-refractivity contribution in [3.8, 4) is 0 Å². The molecule has 2 N–H and O–H groups in total. The molecule has 5 heteroatoms. The zero-order valence-electron chi connectivity index (χ0n) is 15.0. The van der Waals surface area contributed by atoms with Crippen LogP contribution in [-0.4, -0.2) is 19.0 Å². The Kier molecular flexibility index (Phi) is 7.70. The molecule has 2 unspecified atom stereocenters. The van der Waals surface area contributed by atoms with Crippen molar-refractivity contribution in [2.24, 2.45) is 17.8 Å². The van der Waals surface area contributed by atoms with Crippen molar-refractivity contribution >= 4 is 18.3 Å². The summed E-state index contributed by atoms with van der Waals surface area (Å²) in [5, 5.41) is 6.63. The minimum Gasteiger partial charge on any atom is -0.349 e. The minimum absolute atomic E-state index is 0. The van der Waals surface area contributed by atoms with Gasteiger partial charge in [0.05, 0.1) is 6.04 Å². The van der Waals surface area contributed by atoms with Gasteiger partial charge in [0.2, 0.25) is 5.91 Å². The SMILES string of the molecule is CC(CC(=O)NC(c1ccc(F)cc1)C1CCC1)C1CCNCC1.Cl. The number of halogens is 2. The molecule has 1 amide bonds. The second-order valence-corrected chi connectivity index (χ2v) is 7.56. The molecule has 1 aromatic carbocycles. The Balaban J connectivity index is 0.00000225. The Hall–Kier alpha value is -1.13. The maximum Gasteiger partial charge on any atom is 0.220 e. The van der Waals surface area contributed by atoms with E-state index in [2.05, 4.69) is 17.6 Å². The number of nitrogens with one attached hydrogen (secondary N) is 2. The fourth-order valence-electron chi connectivity index (χ4n) is 4.02. The van der Waals surface area contributed by atoms with Crippen molar-refractivity contribution in [3.63, 3.8) is 0 Å². The molecule has 1 aliphatic carbocycles. The highest BCUT2D eigenvalue weighted by atomic mass is 35.5. The molecule has 1 heterocycles. The highest BCUT2D eigenvalue weighted by Gasteiger charge is 2.30. The molecule has 2 atom stereocenters. The molecule has 0 spiro atoms. The molecule has 140 valence electrons. The van der Waals surface area contributed by atoms with Gasteiger partial charge in [-0.05, 0) is 74.2 Å². The number of amides is 1. The maximum atomic E-state index is 13.2. The molecule has 0 aromatic heterocycles. The maximum absolute atomic E-state index is 13.2. The first-order chi connectivity index (χ1) is 11.6.